The van der Waals surface area contributed by atoms with Crippen LogP contribution in [-0.4, -0.2) is 18.3 Å². The SMILES string of the molecule is OC(c1ccc2c(c1)OCCCO2)c1cc(F)ccc1F. The Morgan fingerprint density at radius 3 is 2.52 bits per heavy atom. The Hall–Kier alpha value is -2.14. The van der Waals surface area contributed by atoms with Crippen molar-refractivity contribution in [3.63, 3.8) is 0 Å². The molecule has 2 aromatic rings. The summed E-state index contributed by atoms with van der Waals surface area (Å²) in [5, 5.41) is 10.3. The molecule has 2 aromatic carbocycles. The minimum absolute atomic E-state index is 0.107. The number of rotatable bonds is 2. The lowest BCUT2D eigenvalue weighted by Gasteiger charge is -2.15. The lowest BCUT2D eigenvalue weighted by atomic mass is 10.0. The van der Waals surface area contributed by atoms with E-state index in [1.807, 2.05) is 0 Å². The van der Waals surface area contributed by atoms with Crippen LogP contribution in [0.15, 0.2) is 36.4 Å². The molecule has 1 heterocycles. The second-order valence-electron chi connectivity index (χ2n) is 4.83. The fraction of sp³-hybridized carbons (Fsp3) is 0.250. The topological polar surface area (TPSA) is 38.7 Å². The van der Waals surface area contributed by atoms with Crippen LogP contribution in [0.25, 0.3) is 0 Å². The molecule has 0 radical (unpaired) electrons. The van der Waals surface area contributed by atoms with Crippen LogP contribution >= 0.6 is 0 Å². The molecule has 21 heavy (non-hydrogen) atoms. The first-order valence-electron chi connectivity index (χ1n) is 6.68. The number of hydrogen-bond acceptors (Lipinski definition) is 3. The highest BCUT2D eigenvalue weighted by atomic mass is 19.1. The predicted octanol–water partition coefficient (Wildman–Crippen LogP) is 3.21. The van der Waals surface area contributed by atoms with Crippen LogP contribution in [-0.2, 0) is 0 Å². The minimum Gasteiger partial charge on any atom is -0.490 e. The first-order valence-corrected chi connectivity index (χ1v) is 6.68. The molecular formula is C16H14F2O3. The molecule has 1 atom stereocenters. The van der Waals surface area contributed by atoms with Gasteiger partial charge in [0.05, 0.1) is 13.2 Å². The summed E-state index contributed by atoms with van der Waals surface area (Å²) in [6.07, 6.45) is -0.497. The van der Waals surface area contributed by atoms with E-state index in [1.165, 1.54) is 0 Å². The summed E-state index contributed by atoms with van der Waals surface area (Å²) in [6, 6.07) is 7.87. The van der Waals surface area contributed by atoms with E-state index in [2.05, 4.69) is 0 Å². The molecule has 1 aliphatic heterocycles. The minimum atomic E-state index is -1.27. The Balaban J connectivity index is 1.96. The number of halogens is 2. The third-order valence-corrected chi connectivity index (χ3v) is 3.34. The van der Waals surface area contributed by atoms with Gasteiger partial charge >= 0.3 is 0 Å². The highest BCUT2D eigenvalue weighted by Crippen LogP contribution is 2.34. The molecule has 1 unspecified atom stereocenters. The third-order valence-electron chi connectivity index (χ3n) is 3.34. The van der Waals surface area contributed by atoms with Crippen molar-refractivity contribution in [3.8, 4) is 11.5 Å². The predicted molar refractivity (Wildman–Crippen MR) is 72.5 cm³/mol. The average molecular weight is 292 g/mol. The first-order chi connectivity index (χ1) is 10.1. The van der Waals surface area contributed by atoms with Gasteiger partial charge in [-0.15, -0.1) is 0 Å². The van der Waals surface area contributed by atoms with E-state index >= 15 is 0 Å². The maximum atomic E-state index is 13.7. The lowest BCUT2D eigenvalue weighted by molar-refractivity contribution is 0.213. The number of benzene rings is 2. The van der Waals surface area contributed by atoms with Gasteiger partial charge in [-0.3, -0.25) is 0 Å². The standard InChI is InChI=1S/C16H14F2O3/c17-11-3-4-13(18)12(9-11)16(19)10-2-5-14-15(8-10)21-7-1-6-20-14/h2-5,8-9,16,19H,1,6-7H2. The molecule has 0 spiro atoms. The highest BCUT2D eigenvalue weighted by Gasteiger charge is 2.19. The van der Waals surface area contributed by atoms with Gasteiger partial charge in [0.1, 0.15) is 17.7 Å². The van der Waals surface area contributed by atoms with Crippen molar-refractivity contribution in [1.29, 1.82) is 0 Å². The smallest absolute Gasteiger partial charge is 0.161 e. The van der Waals surface area contributed by atoms with Crippen molar-refractivity contribution in [2.45, 2.75) is 12.5 Å². The van der Waals surface area contributed by atoms with Gasteiger partial charge in [-0.05, 0) is 35.9 Å². The molecule has 0 fully saturated rings. The van der Waals surface area contributed by atoms with Crippen molar-refractivity contribution >= 4 is 0 Å². The Labute approximate surface area is 120 Å². The zero-order valence-electron chi connectivity index (χ0n) is 11.2. The summed E-state index contributed by atoms with van der Waals surface area (Å²) in [5.41, 5.74) is 0.313. The highest BCUT2D eigenvalue weighted by molar-refractivity contribution is 5.45. The molecule has 1 N–H and O–H groups in total. The van der Waals surface area contributed by atoms with Crippen LogP contribution in [0.1, 0.15) is 23.7 Å². The van der Waals surface area contributed by atoms with E-state index in [4.69, 9.17) is 9.47 Å². The van der Waals surface area contributed by atoms with Crippen molar-refractivity contribution < 1.29 is 23.4 Å². The average Bonchev–Trinajstić information content (AvgIpc) is 2.73. The second-order valence-corrected chi connectivity index (χ2v) is 4.83. The molecule has 3 rings (SSSR count). The van der Waals surface area contributed by atoms with Crippen LogP contribution < -0.4 is 9.47 Å². The van der Waals surface area contributed by atoms with Crippen molar-refractivity contribution in [2.24, 2.45) is 0 Å². The molecule has 1 aliphatic rings. The Morgan fingerprint density at radius 2 is 1.71 bits per heavy atom. The van der Waals surface area contributed by atoms with E-state index in [-0.39, 0.29) is 5.56 Å². The summed E-state index contributed by atoms with van der Waals surface area (Å²) in [6.45, 7) is 1.08. The largest absolute Gasteiger partial charge is 0.490 e. The van der Waals surface area contributed by atoms with E-state index in [1.54, 1.807) is 18.2 Å². The third kappa shape index (κ3) is 2.83. The monoisotopic (exact) mass is 292 g/mol. The molecule has 0 bridgehead atoms. The first kappa shape index (κ1) is 13.8. The lowest BCUT2D eigenvalue weighted by Crippen LogP contribution is -2.04. The van der Waals surface area contributed by atoms with Gasteiger partial charge < -0.3 is 14.6 Å². The molecule has 0 amide bonds. The Morgan fingerprint density at radius 1 is 0.952 bits per heavy atom. The summed E-state index contributed by atoms with van der Waals surface area (Å²) in [4.78, 5) is 0. The van der Waals surface area contributed by atoms with Crippen molar-refractivity contribution in [2.75, 3.05) is 13.2 Å². The molecule has 0 aliphatic carbocycles. The molecule has 0 aromatic heterocycles. The van der Waals surface area contributed by atoms with Gasteiger partial charge in [0.2, 0.25) is 0 Å². The molecule has 0 saturated heterocycles. The van der Waals surface area contributed by atoms with Crippen LogP contribution in [0.5, 0.6) is 11.5 Å². The number of aliphatic hydroxyl groups is 1. The van der Waals surface area contributed by atoms with E-state index in [0.29, 0.717) is 30.3 Å². The van der Waals surface area contributed by atoms with Gasteiger partial charge in [-0.2, -0.15) is 0 Å². The maximum absolute atomic E-state index is 13.7. The molecule has 110 valence electrons. The van der Waals surface area contributed by atoms with Gasteiger partial charge in [-0.25, -0.2) is 8.78 Å². The fourth-order valence-corrected chi connectivity index (χ4v) is 2.25. The van der Waals surface area contributed by atoms with Gasteiger partial charge in [0, 0.05) is 12.0 Å². The fourth-order valence-electron chi connectivity index (χ4n) is 2.25. The maximum Gasteiger partial charge on any atom is 0.161 e. The molecular weight excluding hydrogens is 278 g/mol. The van der Waals surface area contributed by atoms with Crippen molar-refractivity contribution in [3.05, 3.63) is 59.2 Å². The van der Waals surface area contributed by atoms with E-state index < -0.39 is 17.7 Å². The summed E-state index contributed by atoms with van der Waals surface area (Å²) >= 11 is 0. The summed E-state index contributed by atoms with van der Waals surface area (Å²) in [5.74, 6) is -0.167. The van der Waals surface area contributed by atoms with Gasteiger partial charge in [-0.1, -0.05) is 6.07 Å². The van der Waals surface area contributed by atoms with Crippen molar-refractivity contribution in [1.82, 2.24) is 0 Å². The zero-order valence-corrected chi connectivity index (χ0v) is 11.2. The van der Waals surface area contributed by atoms with E-state index in [9.17, 15) is 13.9 Å². The van der Waals surface area contributed by atoms with E-state index in [0.717, 1.165) is 24.6 Å². The Kier molecular flexibility index (Phi) is 3.75. The number of ether oxygens (including phenoxy) is 2. The molecule has 5 heteroatoms. The van der Waals surface area contributed by atoms with Crippen LogP contribution in [0, 0.1) is 11.6 Å². The normalized spacial score (nSPS) is 15.4. The number of fused-ring (bicyclic) bond motifs is 1. The Bertz CT molecular complexity index is 658. The summed E-state index contributed by atoms with van der Waals surface area (Å²) in [7, 11) is 0. The summed E-state index contributed by atoms with van der Waals surface area (Å²) < 4.78 is 38.0. The van der Waals surface area contributed by atoms with Gasteiger partial charge in [0.25, 0.3) is 0 Å². The molecule has 0 saturated carbocycles. The quantitative estimate of drug-likeness (QED) is 0.923. The second kappa shape index (κ2) is 5.69. The number of hydrogen-bond donors (Lipinski definition) is 1. The molecule has 3 nitrogen and oxygen atoms in total. The zero-order chi connectivity index (χ0) is 14.8. The van der Waals surface area contributed by atoms with Gasteiger partial charge in [0.15, 0.2) is 11.5 Å². The van der Waals surface area contributed by atoms with Crippen LogP contribution in [0.4, 0.5) is 8.78 Å². The number of aliphatic hydroxyl groups excluding tert-OH is 1. The van der Waals surface area contributed by atoms with Crippen LogP contribution in [0.3, 0.4) is 0 Å². The van der Waals surface area contributed by atoms with Crippen LogP contribution in [0.2, 0.25) is 0 Å².